The molecule has 1 aliphatic heterocycles. The standard InChI is InChI=1S/C26H26N4O2S/c1-3-19-9-13-21(14-10-19)29-26-30(17-22-6-4-5-15-27-22)25(32)23(33-26)16-24(31)28-20-11-7-18(2)8-12-20/h4-15,23H,3,16-17H2,1-2H3,(H,28,31). The summed E-state index contributed by atoms with van der Waals surface area (Å²) in [6.45, 7) is 4.41. The summed E-state index contributed by atoms with van der Waals surface area (Å²) in [5, 5.41) is 2.93. The van der Waals surface area contributed by atoms with Crippen LogP contribution in [0.5, 0.6) is 0 Å². The van der Waals surface area contributed by atoms with Gasteiger partial charge in [0.05, 0.1) is 17.9 Å². The maximum Gasteiger partial charge on any atom is 0.243 e. The molecule has 2 heterocycles. The fourth-order valence-corrected chi connectivity index (χ4v) is 4.62. The molecule has 1 saturated heterocycles. The number of nitrogens with zero attached hydrogens (tertiary/aromatic N) is 3. The Balaban J connectivity index is 1.53. The van der Waals surface area contributed by atoms with Gasteiger partial charge in [-0.2, -0.15) is 0 Å². The first-order chi connectivity index (χ1) is 16.0. The minimum atomic E-state index is -0.534. The van der Waals surface area contributed by atoms with Gasteiger partial charge in [-0.1, -0.05) is 54.6 Å². The van der Waals surface area contributed by atoms with E-state index in [1.807, 2.05) is 73.7 Å². The van der Waals surface area contributed by atoms with E-state index in [0.29, 0.717) is 11.7 Å². The first kappa shape index (κ1) is 22.7. The molecule has 7 heteroatoms. The number of amidine groups is 1. The van der Waals surface area contributed by atoms with Crippen LogP contribution in [-0.4, -0.2) is 32.1 Å². The van der Waals surface area contributed by atoms with Crippen molar-refractivity contribution in [3.63, 3.8) is 0 Å². The Kier molecular flexibility index (Phi) is 7.19. The summed E-state index contributed by atoms with van der Waals surface area (Å²) in [6, 6.07) is 21.2. The van der Waals surface area contributed by atoms with Crippen molar-refractivity contribution in [1.82, 2.24) is 9.88 Å². The van der Waals surface area contributed by atoms with Crippen LogP contribution in [0.4, 0.5) is 11.4 Å². The average Bonchev–Trinajstić information content (AvgIpc) is 3.10. The number of hydrogen-bond acceptors (Lipinski definition) is 5. The lowest BCUT2D eigenvalue weighted by Gasteiger charge is -2.16. The highest BCUT2D eigenvalue weighted by atomic mass is 32.2. The first-order valence-electron chi connectivity index (χ1n) is 10.9. The number of nitrogens with one attached hydrogen (secondary N) is 1. The van der Waals surface area contributed by atoms with Gasteiger partial charge in [-0.05, 0) is 55.3 Å². The molecule has 0 radical (unpaired) electrons. The summed E-state index contributed by atoms with van der Waals surface area (Å²) in [6.07, 6.45) is 2.73. The Bertz CT molecular complexity index is 1150. The lowest BCUT2D eigenvalue weighted by atomic mass is 10.2. The summed E-state index contributed by atoms with van der Waals surface area (Å²) >= 11 is 1.33. The van der Waals surface area contributed by atoms with E-state index < -0.39 is 5.25 Å². The van der Waals surface area contributed by atoms with Crippen LogP contribution < -0.4 is 5.32 Å². The highest BCUT2D eigenvalue weighted by Crippen LogP contribution is 2.33. The minimum absolute atomic E-state index is 0.0733. The van der Waals surface area contributed by atoms with Gasteiger partial charge in [0.25, 0.3) is 0 Å². The van der Waals surface area contributed by atoms with Crippen molar-refractivity contribution < 1.29 is 9.59 Å². The molecule has 1 unspecified atom stereocenters. The summed E-state index contributed by atoms with van der Waals surface area (Å²) in [4.78, 5) is 36.6. The van der Waals surface area contributed by atoms with Gasteiger partial charge >= 0.3 is 0 Å². The third-order valence-electron chi connectivity index (χ3n) is 5.34. The van der Waals surface area contributed by atoms with Crippen LogP contribution in [-0.2, 0) is 22.6 Å². The molecular weight excluding hydrogens is 432 g/mol. The number of hydrogen-bond donors (Lipinski definition) is 1. The first-order valence-corrected chi connectivity index (χ1v) is 11.8. The number of aliphatic imine (C=N–C) groups is 1. The molecule has 33 heavy (non-hydrogen) atoms. The predicted octanol–water partition coefficient (Wildman–Crippen LogP) is 5.11. The van der Waals surface area contributed by atoms with Crippen molar-refractivity contribution in [2.45, 2.75) is 38.5 Å². The summed E-state index contributed by atoms with van der Waals surface area (Å²) in [5.41, 5.74) is 4.61. The largest absolute Gasteiger partial charge is 0.326 e. The Hall–Kier alpha value is -3.45. The summed E-state index contributed by atoms with van der Waals surface area (Å²) in [7, 11) is 0. The number of amides is 2. The van der Waals surface area contributed by atoms with Gasteiger partial charge in [-0.15, -0.1) is 0 Å². The molecule has 0 saturated carbocycles. The second kappa shape index (κ2) is 10.4. The number of pyridine rings is 1. The van der Waals surface area contributed by atoms with Gasteiger partial charge in [0.1, 0.15) is 5.25 Å². The molecule has 168 valence electrons. The highest BCUT2D eigenvalue weighted by Gasteiger charge is 2.39. The van der Waals surface area contributed by atoms with E-state index in [2.05, 4.69) is 17.2 Å². The SMILES string of the molecule is CCc1ccc(N=C2SC(CC(=O)Nc3ccc(C)cc3)C(=O)N2Cc2ccccn2)cc1. The van der Waals surface area contributed by atoms with Gasteiger partial charge in [-0.25, -0.2) is 4.99 Å². The molecule has 2 amide bonds. The van der Waals surface area contributed by atoms with Crippen molar-refractivity contribution in [2.24, 2.45) is 4.99 Å². The van der Waals surface area contributed by atoms with Crippen LogP contribution in [0.2, 0.25) is 0 Å². The molecule has 6 nitrogen and oxygen atoms in total. The average molecular weight is 459 g/mol. The van der Waals surface area contributed by atoms with E-state index in [0.717, 1.165) is 29.1 Å². The van der Waals surface area contributed by atoms with E-state index in [1.54, 1.807) is 11.1 Å². The molecule has 1 aliphatic rings. The maximum absolute atomic E-state index is 13.3. The van der Waals surface area contributed by atoms with E-state index in [9.17, 15) is 9.59 Å². The Morgan fingerprint density at radius 3 is 2.52 bits per heavy atom. The van der Waals surface area contributed by atoms with Gasteiger partial charge in [-0.3, -0.25) is 19.5 Å². The second-order valence-electron chi connectivity index (χ2n) is 7.88. The molecule has 2 aromatic carbocycles. The number of benzene rings is 2. The van der Waals surface area contributed by atoms with Gasteiger partial charge < -0.3 is 5.32 Å². The number of carbonyl (C=O) groups excluding carboxylic acids is 2. The third-order valence-corrected chi connectivity index (χ3v) is 6.52. The van der Waals surface area contributed by atoms with Crippen LogP contribution in [0, 0.1) is 6.92 Å². The van der Waals surface area contributed by atoms with Crippen molar-refractivity contribution in [1.29, 1.82) is 0 Å². The van der Waals surface area contributed by atoms with Crippen LogP contribution in [0.25, 0.3) is 0 Å². The molecule has 0 bridgehead atoms. The zero-order chi connectivity index (χ0) is 23.2. The number of thioether (sulfide) groups is 1. The lowest BCUT2D eigenvalue weighted by Crippen LogP contribution is -2.33. The Labute approximate surface area is 198 Å². The van der Waals surface area contributed by atoms with E-state index in [4.69, 9.17) is 4.99 Å². The zero-order valence-corrected chi connectivity index (χ0v) is 19.5. The second-order valence-corrected chi connectivity index (χ2v) is 9.05. The predicted molar refractivity (Wildman–Crippen MR) is 134 cm³/mol. The number of aromatic nitrogens is 1. The normalized spacial score (nSPS) is 16.9. The maximum atomic E-state index is 13.3. The summed E-state index contributed by atoms with van der Waals surface area (Å²) in [5.74, 6) is -0.329. The lowest BCUT2D eigenvalue weighted by molar-refractivity contribution is -0.128. The van der Waals surface area contributed by atoms with Crippen LogP contribution in [0.15, 0.2) is 77.9 Å². The zero-order valence-electron chi connectivity index (χ0n) is 18.7. The molecule has 0 aliphatic carbocycles. The van der Waals surface area contributed by atoms with Crippen LogP contribution >= 0.6 is 11.8 Å². The quantitative estimate of drug-likeness (QED) is 0.534. The molecule has 4 rings (SSSR count). The molecular formula is C26H26N4O2S. The molecule has 3 aromatic rings. The molecule has 0 spiro atoms. The number of anilines is 1. The van der Waals surface area contributed by atoms with E-state index in [-0.39, 0.29) is 18.2 Å². The molecule has 1 fully saturated rings. The smallest absolute Gasteiger partial charge is 0.243 e. The third kappa shape index (κ3) is 5.87. The van der Waals surface area contributed by atoms with Crippen molar-refractivity contribution in [3.05, 3.63) is 89.7 Å². The minimum Gasteiger partial charge on any atom is -0.326 e. The molecule has 1 aromatic heterocycles. The van der Waals surface area contributed by atoms with Gasteiger partial charge in [0.15, 0.2) is 5.17 Å². The Morgan fingerprint density at radius 2 is 1.85 bits per heavy atom. The molecule has 1 N–H and O–H groups in total. The van der Waals surface area contributed by atoms with E-state index in [1.165, 1.54) is 17.3 Å². The topological polar surface area (TPSA) is 74.7 Å². The van der Waals surface area contributed by atoms with Crippen molar-refractivity contribution in [3.8, 4) is 0 Å². The van der Waals surface area contributed by atoms with E-state index >= 15 is 0 Å². The monoisotopic (exact) mass is 458 g/mol. The number of carbonyl (C=O) groups is 2. The summed E-state index contributed by atoms with van der Waals surface area (Å²) < 4.78 is 0. The van der Waals surface area contributed by atoms with Crippen LogP contribution in [0.3, 0.4) is 0 Å². The fourth-order valence-electron chi connectivity index (χ4n) is 3.46. The Morgan fingerprint density at radius 1 is 1.09 bits per heavy atom. The molecule has 1 atom stereocenters. The van der Waals surface area contributed by atoms with Gasteiger partial charge in [0.2, 0.25) is 11.8 Å². The van der Waals surface area contributed by atoms with Crippen molar-refractivity contribution in [2.75, 3.05) is 5.32 Å². The number of aryl methyl sites for hydroxylation is 2. The number of rotatable bonds is 7. The van der Waals surface area contributed by atoms with Gasteiger partial charge in [0, 0.05) is 18.3 Å². The van der Waals surface area contributed by atoms with Crippen molar-refractivity contribution >= 4 is 40.1 Å². The highest BCUT2D eigenvalue weighted by molar-refractivity contribution is 8.15. The fraction of sp³-hybridized carbons (Fsp3) is 0.231. The van der Waals surface area contributed by atoms with Crippen LogP contribution in [0.1, 0.15) is 30.2 Å².